The van der Waals surface area contributed by atoms with Gasteiger partial charge in [0.05, 0.1) is 18.8 Å². The average molecular weight is 386 g/mol. The number of guanidine groups is 1. The van der Waals surface area contributed by atoms with E-state index in [1.54, 1.807) is 0 Å². The number of hydrogen-bond donors (Lipinski definition) is 1. The number of nitrogens with zero attached hydrogens (tertiary/aromatic N) is 2. The van der Waals surface area contributed by atoms with E-state index in [4.69, 9.17) is 14.2 Å². The molecule has 3 saturated heterocycles. The molecule has 0 amide bonds. The predicted molar refractivity (Wildman–Crippen MR) is 107 cm³/mol. The smallest absolute Gasteiger partial charge is 0.193 e. The molecule has 0 spiro atoms. The van der Waals surface area contributed by atoms with Gasteiger partial charge < -0.3 is 24.4 Å². The molecule has 1 atom stereocenters. The second-order valence-electron chi connectivity index (χ2n) is 7.56. The monoisotopic (exact) mass is 385 g/mol. The first-order chi connectivity index (χ1) is 12.7. The van der Waals surface area contributed by atoms with E-state index >= 15 is 0 Å². The van der Waals surface area contributed by atoms with Crippen molar-refractivity contribution >= 4 is 17.7 Å². The Morgan fingerprint density at radius 3 is 2.62 bits per heavy atom. The zero-order chi connectivity index (χ0) is 18.2. The van der Waals surface area contributed by atoms with Crippen molar-refractivity contribution in [2.75, 3.05) is 59.4 Å². The first-order valence-corrected chi connectivity index (χ1v) is 11.3. The van der Waals surface area contributed by atoms with Gasteiger partial charge >= 0.3 is 0 Å². The molecule has 3 aliphatic rings. The SMILES string of the molecule is CN=C(NCC1(SC)CCOCC1)N1CCC(OCC2CCCO2)CC1. The molecule has 26 heavy (non-hydrogen) atoms. The number of thioether (sulfide) groups is 1. The fourth-order valence-corrected chi connectivity index (χ4v) is 4.81. The zero-order valence-corrected chi connectivity index (χ0v) is 17.2. The molecule has 3 fully saturated rings. The fraction of sp³-hybridized carbons (Fsp3) is 0.947. The standard InChI is InChI=1S/C19H35N3O3S/c1-20-18(21-15-19(26-2)7-12-23-13-8-19)22-9-5-16(6-10-22)25-14-17-4-3-11-24-17/h16-17H,3-15H2,1-2H3,(H,20,21). The van der Waals surface area contributed by atoms with Gasteiger partial charge in [0, 0.05) is 51.2 Å². The van der Waals surface area contributed by atoms with Crippen molar-refractivity contribution in [1.82, 2.24) is 10.2 Å². The van der Waals surface area contributed by atoms with Crippen LogP contribution in [0.5, 0.6) is 0 Å². The molecule has 7 heteroatoms. The van der Waals surface area contributed by atoms with E-state index in [1.807, 2.05) is 18.8 Å². The van der Waals surface area contributed by atoms with Crippen LogP contribution in [0.15, 0.2) is 4.99 Å². The first-order valence-electron chi connectivity index (χ1n) is 10.1. The minimum Gasteiger partial charge on any atom is -0.381 e. The molecule has 6 nitrogen and oxygen atoms in total. The third-order valence-corrected chi connectivity index (χ3v) is 7.32. The Kier molecular flexibility index (Phi) is 7.91. The highest BCUT2D eigenvalue weighted by atomic mass is 32.2. The summed E-state index contributed by atoms with van der Waals surface area (Å²) in [5, 5.41) is 3.63. The Morgan fingerprint density at radius 2 is 2.00 bits per heavy atom. The second kappa shape index (κ2) is 10.2. The first kappa shape index (κ1) is 20.2. The van der Waals surface area contributed by atoms with Crippen molar-refractivity contribution in [3.63, 3.8) is 0 Å². The minimum atomic E-state index is 0.275. The van der Waals surface area contributed by atoms with Crippen LogP contribution in [-0.2, 0) is 14.2 Å². The molecule has 1 N–H and O–H groups in total. The van der Waals surface area contributed by atoms with E-state index in [9.17, 15) is 0 Å². The maximum absolute atomic E-state index is 6.09. The van der Waals surface area contributed by atoms with Crippen LogP contribution in [0, 0.1) is 0 Å². The second-order valence-corrected chi connectivity index (χ2v) is 8.83. The Hall–Kier alpha value is -0.500. The lowest BCUT2D eigenvalue weighted by molar-refractivity contribution is -0.0367. The molecule has 1 unspecified atom stereocenters. The van der Waals surface area contributed by atoms with Crippen molar-refractivity contribution in [2.45, 2.75) is 55.5 Å². The number of piperidine rings is 1. The van der Waals surface area contributed by atoms with Crippen molar-refractivity contribution in [2.24, 2.45) is 4.99 Å². The summed E-state index contributed by atoms with van der Waals surface area (Å²) < 4.78 is 17.6. The molecule has 0 bridgehead atoms. The molecule has 0 aromatic carbocycles. The highest BCUT2D eigenvalue weighted by Gasteiger charge is 2.32. The van der Waals surface area contributed by atoms with E-state index in [0.29, 0.717) is 12.2 Å². The van der Waals surface area contributed by atoms with Crippen LogP contribution < -0.4 is 5.32 Å². The summed E-state index contributed by atoms with van der Waals surface area (Å²) in [6, 6.07) is 0. The number of aliphatic imine (C=N–C) groups is 1. The van der Waals surface area contributed by atoms with Gasteiger partial charge in [-0.25, -0.2) is 0 Å². The minimum absolute atomic E-state index is 0.275. The zero-order valence-electron chi connectivity index (χ0n) is 16.4. The van der Waals surface area contributed by atoms with E-state index in [-0.39, 0.29) is 4.75 Å². The van der Waals surface area contributed by atoms with Crippen LogP contribution in [0.25, 0.3) is 0 Å². The Labute approximate surface area is 162 Å². The van der Waals surface area contributed by atoms with E-state index in [0.717, 1.165) is 84.1 Å². The summed E-state index contributed by atoms with van der Waals surface area (Å²) in [5.74, 6) is 1.03. The van der Waals surface area contributed by atoms with Gasteiger partial charge in [-0.05, 0) is 44.8 Å². The summed E-state index contributed by atoms with van der Waals surface area (Å²) >= 11 is 1.96. The predicted octanol–water partition coefficient (Wildman–Crippen LogP) is 2.13. The van der Waals surface area contributed by atoms with Crippen LogP contribution in [0.2, 0.25) is 0 Å². The van der Waals surface area contributed by atoms with Gasteiger partial charge in [0.2, 0.25) is 0 Å². The fourth-order valence-electron chi connectivity index (χ4n) is 4.02. The molecular formula is C19H35N3O3S. The Balaban J connectivity index is 1.40. The van der Waals surface area contributed by atoms with Gasteiger partial charge in [0.1, 0.15) is 0 Å². The molecule has 3 rings (SSSR count). The lowest BCUT2D eigenvalue weighted by atomic mass is 9.99. The maximum Gasteiger partial charge on any atom is 0.193 e. The number of likely N-dealkylation sites (tertiary alicyclic amines) is 1. The number of nitrogens with one attached hydrogen (secondary N) is 1. The maximum atomic E-state index is 6.09. The molecule has 0 saturated carbocycles. The summed E-state index contributed by atoms with van der Waals surface area (Å²) in [5.41, 5.74) is 0. The van der Waals surface area contributed by atoms with Gasteiger partial charge in [0.25, 0.3) is 0 Å². The largest absolute Gasteiger partial charge is 0.381 e. The molecule has 150 valence electrons. The van der Waals surface area contributed by atoms with E-state index < -0.39 is 0 Å². The lowest BCUT2D eigenvalue weighted by Gasteiger charge is -2.38. The third kappa shape index (κ3) is 5.50. The van der Waals surface area contributed by atoms with Crippen LogP contribution in [0.4, 0.5) is 0 Å². The summed E-state index contributed by atoms with van der Waals surface area (Å²) in [7, 11) is 1.89. The van der Waals surface area contributed by atoms with Crippen LogP contribution in [-0.4, -0.2) is 87.2 Å². The number of ether oxygens (including phenoxy) is 3. The van der Waals surface area contributed by atoms with Gasteiger partial charge in [-0.1, -0.05) is 0 Å². The summed E-state index contributed by atoms with van der Waals surface area (Å²) in [6.07, 6.45) is 9.58. The number of rotatable bonds is 6. The summed E-state index contributed by atoms with van der Waals surface area (Å²) in [4.78, 5) is 6.90. The molecule has 0 aromatic rings. The highest BCUT2D eigenvalue weighted by molar-refractivity contribution is 8.00. The molecule has 0 radical (unpaired) electrons. The quantitative estimate of drug-likeness (QED) is 0.558. The van der Waals surface area contributed by atoms with Gasteiger partial charge in [0.15, 0.2) is 5.96 Å². The van der Waals surface area contributed by atoms with Crippen LogP contribution >= 0.6 is 11.8 Å². The van der Waals surface area contributed by atoms with Crippen LogP contribution in [0.1, 0.15) is 38.5 Å². The normalized spacial score (nSPS) is 27.7. The van der Waals surface area contributed by atoms with E-state index in [2.05, 4.69) is 21.5 Å². The van der Waals surface area contributed by atoms with Gasteiger partial charge in [-0.15, -0.1) is 0 Å². The molecular weight excluding hydrogens is 350 g/mol. The Morgan fingerprint density at radius 1 is 1.23 bits per heavy atom. The molecule has 3 heterocycles. The van der Waals surface area contributed by atoms with Crippen LogP contribution in [0.3, 0.4) is 0 Å². The van der Waals surface area contributed by atoms with Gasteiger partial charge in [-0.2, -0.15) is 11.8 Å². The van der Waals surface area contributed by atoms with E-state index in [1.165, 1.54) is 6.42 Å². The number of hydrogen-bond acceptors (Lipinski definition) is 5. The van der Waals surface area contributed by atoms with Crippen molar-refractivity contribution in [1.29, 1.82) is 0 Å². The van der Waals surface area contributed by atoms with Crippen molar-refractivity contribution in [3.8, 4) is 0 Å². The van der Waals surface area contributed by atoms with Crippen molar-refractivity contribution < 1.29 is 14.2 Å². The molecule has 3 aliphatic heterocycles. The Bertz CT molecular complexity index is 443. The lowest BCUT2D eigenvalue weighted by Crippen LogP contribution is -2.51. The molecule has 0 aliphatic carbocycles. The highest BCUT2D eigenvalue weighted by Crippen LogP contribution is 2.33. The topological polar surface area (TPSA) is 55.3 Å². The third-order valence-electron chi connectivity index (χ3n) is 5.90. The van der Waals surface area contributed by atoms with Gasteiger partial charge in [-0.3, -0.25) is 4.99 Å². The average Bonchev–Trinajstić information content (AvgIpc) is 3.22. The molecule has 0 aromatic heterocycles. The van der Waals surface area contributed by atoms with Crippen molar-refractivity contribution in [3.05, 3.63) is 0 Å². The summed E-state index contributed by atoms with van der Waals surface area (Å²) in [6.45, 7) is 6.37.